The van der Waals surface area contributed by atoms with Crippen LogP contribution in [0.4, 0.5) is 5.95 Å². The number of ether oxygens (including phenoxy) is 1. The van der Waals surface area contributed by atoms with Crippen molar-refractivity contribution in [3.63, 3.8) is 0 Å². The first-order chi connectivity index (χ1) is 11.8. The fourth-order valence-corrected chi connectivity index (χ4v) is 3.89. The summed E-state index contributed by atoms with van der Waals surface area (Å²) in [6, 6.07) is 6.67. The lowest BCUT2D eigenvalue weighted by atomic mass is 10.00. The van der Waals surface area contributed by atoms with Crippen LogP contribution in [0.2, 0.25) is 0 Å². The molecule has 0 amide bonds. The number of likely N-dealkylation sites (N-methyl/N-ethyl adjacent to an activating group) is 1. The fourth-order valence-electron chi connectivity index (χ4n) is 3.89. The van der Waals surface area contributed by atoms with E-state index in [-0.39, 0.29) is 6.10 Å². The molecule has 4 rings (SSSR count). The smallest absolute Gasteiger partial charge is 0.225 e. The second kappa shape index (κ2) is 6.83. The number of aromatic nitrogens is 3. The molecule has 3 atom stereocenters. The lowest BCUT2D eigenvalue weighted by Gasteiger charge is -2.34. The minimum absolute atomic E-state index is 0.212. The highest BCUT2D eigenvalue weighted by atomic mass is 16.5. The summed E-state index contributed by atoms with van der Waals surface area (Å²) in [6.45, 7) is 2.62. The second-order valence-corrected chi connectivity index (χ2v) is 6.59. The third kappa shape index (κ3) is 2.99. The Kier molecular flexibility index (Phi) is 4.40. The highest BCUT2D eigenvalue weighted by molar-refractivity contribution is 5.36. The average molecular weight is 325 g/mol. The van der Waals surface area contributed by atoms with E-state index in [1.54, 1.807) is 0 Å². The summed E-state index contributed by atoms with van der Waals surface area (Å²) >= 11 is 0. The van der Waals surface area contributed by atoms with Crippen molar-refractivity contribution in [3.05, 3.63) is 48.5 Å². The van der Waals surface area contributed by atoms with E-state index in [4.69, 9.17) is 4.74 Å². The summed E-state index contributed by atoms with van der Waals surface area (Å²) in [6.07, 6.45) is 9.83. The van der Waals surface area contributed by atoms with Crippen LogP contribution in [0.25, 0.3) is 0 Å². The van der Waals surface area contributed by atoms with Crippen LogP contribution >= 0.6 is 0 Å². The Hall–Kier alpha value is -2.05. The van der Waals surface area contributed by atoms with Gasteiger partial charge in [-0.3, -0.25) is 9.88 Å². The van der Waals surface area contributed by atoms with Crippen molar-refractivity contribution >= 4 is 5.95 Å². The lowest BCUT2D eigenvalue weighted by molar-refractivity contribution is -0.0247. The van der Waals surface area contributed by atoms with Crippen molar-refractivity contribution in [2.24, 2.45) is 0 Å². The minimum atomic E-state index is 0.212. The monoisotopic (exact) mass is 325 g/mol. The number of hydrogen-bond acceptors (Lipinski definition) is 6. The van der Waals surface area contributed by atoms with E-state index in [1.807, 2.05) is 36.9 Å². The van der Waals surface area contributed by atoms with Gasteiger partial charge in [0, 0.05) is 44.5 Å². The molecule has 6 nitrogen and oxygen atoms in total. The van der Waals surface area contributed by atoms with Gasteiger partial charge in [-0.05, 0) is 37.6 Å². The van der Waals surface area contributed by atoms with E-state index in [0.29, 0.717) is 12.1 Å². The molecule has 0 saturated carbocycles. The van der Waals surface area contributed by atoms with Crippen LogP contribution in [-0.4, -0.2) is 58.2 Å². The summed E-state index contributed by atoms with van der Waals surface area (Å²) in [5, 5.41) is 0. The fraction of sp³-hybridized carbons (Fsp3) is 0.500. The highest BCUT2D eigenvalue weighted by Gasteiger charge is 2.46. The predicted molar refractivity (Wildman–Crippen MR) is 91.6 cm³/mol. The molecule has 6 heteroatoms. The average Bonchev–Trinajstić information content (AvgIpc) is 3.03. The summed E-state index contributed by atoms with van der Waals surface area (Å²) < 4.78 is 6.17. The standard InChI is InChI=1S/C18H23N5O/c1-22(12-14-5-2-7-19-11-14)16-13-23(18-20-8-4-9-21-18)15-6-3-10-24-17(15)16/h2,4-5,7-9,11,15-17H,3,6,10,12-13H2,1H3/t15-,16-,17+/m1/s1. The summed E-state index contributed by atoms with van der Waals surface area (Å²) in [7, 11) is 2.17. The molecule has 2 fully saturated rings. The molecular formula is C18H23N5O. The van der Waals surface area contributed by atoms with Gasteiger partial charge in [0.05, 0.1) is 18.2 Å². The van der Waals surface area contributed by atoms with Crippen LogP contribution in [0.1, 0.15) is 18.4 Å². The first-order valence-corrected chi connectivity index (χ1v) is 8.57. The van der Waals surface area contributed by atoms with Crippen LogP contribution in [0.15, 0.2) is 43.0 Å². The van der Waals surface area contributed by atoms with Crippen LogP contribution in [0.5, 0.6) is 0 Å². The summed E-state index contributed by atoms with van der Waals surface area (Å²) in [5.74, 6) is 0.815. The van der Waals surface area contributed by atoms with E-state index < -0.39 is 0 Å². The number of pyridine rings is 1. The maximum absolute atomic E-state index is 6.17. The van der Waals surface area contributed by atoms with Crippen molar-refractivity contribution in [1.82, 2.24) is 19.9 Å². The van der Waals surface area contributed by atoms with Crippen molar-refractivity contribution in [2.45, 2.75) is 37.6 Å². The molecular weight excluding hydrogens is 302 g/mol. The molecule has 0 aliphatic carbocycles. The molecule has 2 aromatic rings. The molecule has 0 radical (unpaired) electrons. The SMILES string of the molecule is CN(Cc1cccnc1)[C@@H]1CN(c2ncccn2)[C@@H]2CCCO[C@H]12. The number of nitrogens with zero attached hydrogens (tertiary/aromatic N) is 5. The van der Waals surface area contributed by atoms with E-state index >= 15 is 0 Å². The van der Waals surface area contributed by atoms with Crippen LogP contribution in [0.3, 0.4) is 0 Å². The first-order valence-electron chi connectivity index (χ1n) is 8.57. The topological polar surface area (TPSA) is 54.4 Å². The summed E-state index contributed by atoms with van der Waals surface area (Å²) in [5.41, 5.74) is 1.22. The van der Waals surface area contributed by atoms with Gasteiger partial charge in [-0.25, -0.2) is 9.97 Å². The second-order valence-electron chi connectivity index (χ2n) is 6.59. The molecule has 2 aromatic heterocycles. The van der Waals surface area contributed by atoms with Crippen molar-refractivity contribution in [2.75, 3.05) is 25.1 Å². The van der Waals surface area contributed by atoms with Gasteiger partial charge in [0.15, 0.2) is 0 Å². The zero-order valence-electron chi connectivity index (χ0n) is 14.0. The Labute approximate surface area is 142 Å². The van der Waals surface area contributed by atoms with Crippen molar-refractivity contribution in [3.8, 4) is 0 Å². The van der Waals surface area contributed by atoms with Crippen LogP contribution in [0, 0.1) is 0 Å². The number of anilines is 1. The van der Waals surface area contributed by atoms with Gasteiger partial charge < -0.3 is 9.64 Å². The normalized spacial score (nSPS) is 26.6. The van der Waals surface area contributed by atoms with Crippen LogP contribution < -0.4 is 4.90 Å². The largest absolute Gasteiger partial charge is 0.374 e. The van der Waals surface area contributed by atoms with E-state index in [1.165, 1.54) is 5.56 Å². The Bertz CT molecular complexity index is 653. The van der Waals surface area contributed by atoms with Gasteiger partial charge in [0.2, 0.25) is 5.95 Å². The van der Waals surface area contributed by atoms with Gasteiger partial charge in [-0.1, -0.05) is 6.07 Å². The predicted octanol–water partition coefficient (Wildman–Crippen LogP) is 1.74. The van der Waals surface area contributed by atoms with E-state index in [9.17, 15) is 0 Å². The van der Waals surface area contributed by atoms with Gasteiger partial charge in [-0.2, -0.15) is 0 Å². The first kappa shape index (κ1) is 15.5. The Morgan fingerprint density at radius 3 is 2.92 bits per heavy atom. The van der Waals surface area contributed by atoms with Gasteiger partial charge >= 0.3 is 0 Å². The maximum Gasteiger partial charge on any atom is 0.225 e. The van der Waals surface area contributed by atoms with E-state index in [0.717, 1.165) is 38.5 Å². The molecule has 0 N–H and O–H groups in total. The van der Waals surface area contributed by atoms with Crippen molar-refractivity contribution in [1.29, 1.82) is 0 Å². The maximum atomic E-state index is 6.17. The van der Waals surface area contributed by atoms with Crippen LogP contribution in [-0.2, 0) is 11.3 Å². The van der Waals surface area contributed by atoms with Gasteiger partial charge in [0.25, 0.3) is 0 Å². The molecule has 0 aromatic carbocycles. The van der Waals surface area contributed by atoms with Gasteiger partial charge in [0.1, 0.15) is 0 Å². The highest BCUT2D eigenvalue weighted by Crippen LogP contribution is 2.33. The molecule has 2 aliphatic heterocycles. The molecule has 4 heterocycles. The Morgan fingerprint density at radius 1 is 1.25 bits per heavy atom. The molecule has 0 spiro atoms. The molecule has 2 aliphatic rings. The lowest BCUT2D eigenvalue weighted by Crippen LogP contribution is -2.46. The quantitative estimate of drug-likeness (QED) is 0.853. The van der Waals surface area contributed by atoms with E-state index in [2.05, 4.69) is 37.9 Å². The zero-order valence-corrected chi connectivity index (χ0v) is 14.0. The summed E-state index contributed by atoms with van der Waals surface area (Å²) in [4.78, 5) is 17.8. The molecule has 24 heavy (non-hydrogen) atoms. The third-order valence-corrected chi connectivity index (χ3v) is 5.03. The molecule has 0 unspecified atom stereocenters. The Morgan fingerprint density at radius 2 is 2.12 bits per heavy atom. The number of rotatable bonds is 4. The molecule has 126 valence electrons. The Balaban J connectivity index is 1.54. The third-order valence-electron chi connectivity index (χ3n) is 5.03. The zero-order chi connectivity index (χ0) is 16.4. The molecule has 2 saturated heterocycles. The van der Waals surface area contributed by atoms with Gasteiger partial charge in [-0.15, -0.1) is 0 Å². The molecule has 0 bridgehead atoms. The number of hydrogen-bond donors (Lipinski definition) is 0. The van der Waals surface area contributed by atoms with Crippen molar-refractivity contribution < 1.29 is 4.74 Å². The minimum Gasteiger partial charge on any atom is -0.374 e. The number of fused-ring (bicyclic) bond motifs is 1.